The van der Waals surface area contributed by atoms with E-state index in [4.69, 9.17) is 10.2 Å². The van der Waals surface area contributed by atoms with E-state index in [1.54, 1.807) is 0 Å². The lowest BCUT2D eigenvalue weighted by Gasteiger charge is -2.23. The van der Waals surface area contributed by atoms with Crippen LogP contribution < -0.4 is 10.6 Å². The summed E-state index contributed by atoms with van der Waals surface area (Å²) in [7, 11) is 0. The Labute approximate surface area is 89.9 Å². The molecule has 0 aliphatic heterocycles. The molecule has 0 saturated heterocycles. The number of carbonyl (C=O) groups is 1. The van der Waals surface area contributed by atoms with Crippen molar-refractivity contribution in [1.29, 1.82) is 0 Å². The van der Waals surface area contributed by atoms with Gasteiger partial charge in [0.25, 0.3) is 0 Å². The van der Waals surface area contributed by atoms with Crippen molar-refractivity contribution in [1.82, 2.24) is 10.6 Å². The number of aldehydes is 1. The Morgan fingerprint density at radius 3 is 2.47 bits per heavy atom. The average molecular weight is 216 g/mol. The summed E-state index contributed by atoms with van der Waals surface area (Å²) >= 11 is 0. The van der Waals surface area contributed by atoms with Crippen molar-refractivity contribution in [3.05, 3.63) is 0 Å². The Bertz CT molecular complexity index is 191. The summed E-state index contributed by atoms with van der Waals surface area (Å²) in [6, 6.07) is 0. The Hall–Kier alpha value is -0.490. The van der Waals surface area contributed by atoms with Crippen molar-refractivity contribution in [3.8, 4) is 0 Å². The molecule has 0 bridgehead atoms. The lowest BCUT2D eigenvalue weighted by Crippen LogP contribution is -2.47. The van der Waals surface area contributed by atoms with Crippen molar-refractivity contribution < 1.29 is 15.0 Å². The van der Waals surface area contributed by atoms with E-state index in [0.29, 0.717) is 13.1 Å². The van der Waals surface area contributed by atoms with Gasteiger partial charge in [0, 0.05) is 19.6 Å². The van der Waals surface area contributed by atoms with E-state index >= 15 is 0 Å². The predicted octanol–water partition coefficient (Wildman–Crippen LogP) is -1.01. The summed E-state index contributed by atoms with van der Waals surface area (Å²) in [5.74, 6) is 0. The Kier molecular flexibility index (Phi) is 5.17. The van der Waals surface area contributed by atoms with Crippen molar-refractivity contribution >= 4 is 6.29 Å². The summed E-state index contributed by atoms with van der Waals surface area (Å²) in [6.07, 6.45) is 3.75. The number of rotatable bonds is 7. The van der Waals surface area contributed by atoms with Crippen molar-refractivity contribution in [2.24, 2.45) is 0 Å². The fraction of sp³-hybridized carbons (Fsp3) is 0.900. The predicted molar refractivity (Wildman–Crippen MR) is 56.4 cm³/mol. The number of aliphatic hydroxyl groups is 2. The van der Waals surface area contributed by atoms with Crippen LogP contribution in [0.25, 0.3) is 0 Å². The molecule has 0 spiro atoms. The van der Waals surface area contributed by atoms with Crippen LogP contribution in [0.5, 0.6) is 0 Å². The first-order valence-corrected chi connectivity index (χ1v) is 5.47. The van der Waals surface area contributed by atoms with E-state index < -0.39 is 6.29 Å². The molecule has 88 valence electrons. The van der Waals surface area contributed by atoms with Crippen LogP contribution in [0.1, 0.15) is 25.7 Å². The van der Waals surface area contributed by atoms with Gasteiger partial charge < -0.3 is 25.6 Å². The molecule has 0 atom stereocenters. The van der Waals surface area contributed by atoms with E-state index in [1.165, 1.54) is 0 Å². The molecule has 0 aromatic carbocycles. The molecule has 1 aliphatic carbocycles. The minimum absolute atomic E-state index is 0.162. The van der Waals surface area contributed by atoms with Crippen LogP contribution in [0.15, 0.2) is 0 Å². The van der Waals surface area contributed by atoms with Crippen LogP contribution in [0.3, 0.4) is 0 Å². The molecule has 15 heavy (non-hydrogen) atoms. The van der Waals surface area contributed by atoms with Gasteiger partial charge in [-0.05, 0) is 12.8 Å². The second-order valence-electron chi connectivity index (χ2n) is 4.09. The fourth-order valence-electron chi connectivity index (χ4n) is 1.97. The monoisotopic (exact) mass is 216 g/mol. The third kappa shape index (κ3) is 4.25. The average Bonchev–Trinajstić information content (AvgIpc) is 2.66. The normalized spacial score (nSPS) is 19.7. The summed E-state index contributed by atoms with van der Waals surface area (Å²) in [4.78, 5) is 10.9. The quantitative estimate of drug-likeness (QED) is 0.249. The summed E-state index contributed by atoms with van der Waals surface area (Å²) in [5, 5.41) is 23.2. The van der Waals surface area contributed by atoms with Gasteiger partial charge in [-0.15, -0.1) is 0 Å². The van der Waals surface area contributed by atoms with Gasteiger partial charge in [0.15, 0.2) is 6.29 Å². The highest BCUT2D eigenvalue weighted by molar-refractivity contribution is 5.64. The Morgan fingerprint density at radius 2 is 1.93 bits per heavy atom. The van der Waals surface area contributed by atoms with Crippen LogP contribution in [-0.2, 0) is 4.79 Å². The molecular formula is C10H20N2O3. The number of aliphatic hydroxyl groups excluding tert-OH is 1. The molecule has 0 heterocycles. The van der Waals surface area contributed by atoms with Crippen molar-refractivity contribution in [2.75, 3.05) is 19.6 Å². The number of nitrogens with one attached hydrogen (secondary N) is 2. The molecule has 0 aromatic heterocycles. The highest BCUT2D eigenvalue weighted by Crippen LogP contribution is 2.27. The highest BCUT2D eigenvalue weighted by atomic mass is 16.5. The zero-order valence-corrected chi connectivity index (χ0v) is 8.91. The Balaban J connectivity index is 2.10. The zero-order valence-electron chi connectivity index (χ0n) is 8.91. The highest BCUT2D eigenvalue weighted by Gasteiger charge is 2.32. The molecule has 4 N–H and O–H groups in total. The van der Waals surface area contributed by atoms with E-state index in [-0.39, 0.29) is 12.1 Å². The summed E-state index contributed by atoms with van der Waals surface area (Å²) < 4.78 is 0. The first-order chi connectivity index (χ1) is 7.18. The van der Waals surface area contributed by atoms with Crippen LogP contribution in [0.4, 0.5) is 0 Å². The molecule has 5 nitrogen and oxygen atoms in total. The SMILES string of the molecule is O=CC1(NCCNCC(O)O)CCCC1. The first kappa shape index (κ1) is 12.6. The third-order valence-electron chi connectivity index (χ3n) is 2.83. The van der Waals surface area contributed by atoms with Crippen LogP contribution in [-0.4, -0.2) is 48.0 Å². The zero-order chi connectivity index (χ0) is 11.1. The second kappa shape index (κ2) is 6.17. The molecule has 5 heteroatoms. The number of carbonyl (C=O) groups excluding carboxylic acids is 1. The fourth-order valence-corrected chi connectivity index (χ4v) is 1.97. The first-order valence-electron chi connectivity index (χ1n) is 5.47. The van der Waals surface area contributed by atoms with Crippen LogP contribution in [0, 0.1) is 0 Å². The maximum absolute atomic E-state index is 10.9. The topological polar surface area (TPSA) is 81.6 Å². The van der Waals surface area contributed by atoms with Gasteiger partial charge in [-0.3, -0.25) is 0 Å². The third-order valence-corrected chi connectivity index (χ3v) is 2.83. The molecule has 0 amide bonds. The molecule has 0 unspecified atom stereocenters. The van der Waals surface area contributed by atoms with E-state index in [1.807, 2.05) is 0 Å². The maximum Gasteiger partial charge on any atom is 0.164 e. The van der Waals surface area contributed by atoms with Gasteiger partial charge in [0.2, 0.25) is 0 Å². The molecule has 1 saturated carbocycles. The largest absolute Gasteiger partial charge is 0.367 e. The van der Waals surface area contributed by atoms with E-state index in [0.717, 1.165) is 32.0 Å². The van der Waals surface area contributed by atoms with Gasteiger partial charge in [-0.1, -0.05) is 12.8 Å². The van der Waals surface area contributed by atoms with Gasteiger partial charge >= 0.3 is 0 Å². The second-order valence-corrected chi connectivity index (χ2v) is 4.09. The number of hydrogen-bond donors (Lipinski definition) is 4. The van der Waals surface area contributed by atoms with E-state index in [2.05, 4.69) is 10.6 Å². The minimum atomic E-state index is -1.31. The summed E-state index contributed by atoms with van der Waals surface area (Å²) in [5.41, 5.74) is -0.320. The van der Waals surface area contributed by atoms with Crippen LogP contribution >= 0.6 is 0 Å². The lowest BCUT2D eigenvalue weighted by atomic mass is 10.0. The minimum Gasteiger partial charge on any atom is -0.367 e. The number of hydrogen-bond acceptors (Lipinski definition) is 5. The smallest absolute Gasteiger partial charge is 0.164 e. The van der Waals surface area contributed by atoms with Crippen molar-refractivity contribution in [3.63, 3.8) is 0 Å². The molecular weight excluding hydrogens is 196 g/mol. The van der Waals surface area contributed by atoms with Gasteiger partial charge in [-0.25, -0.2) is 0 Å². The molecule has 1 fully saturated rings. The Morgan fingerprint density at radius 1 is 1.27 bits per heavy atom. The van der Waals surface area contributed by atoms with Gasteiger partial charge in [0.05, 0.1) is 5.54 Å². The van der Waals surface area contributed by atoms with Crippen molar-refractivity contribution in [2.45, 2.75) is 37.5 Å². The molecule has 0 aromatic rings. The maximum atomic E-state index is 10.9. The van der Waals surface area contributed by atoms with Gasteiger partial charge in [-0.2, -0.15) is 0 Å². The molecule has 1 aliphatic rings. The van der Waals surface area contributed by atoms with Gasteiger partial charge in [0.1, 0.15) is 6.29 Å². The van der Waals surface area contributed by atoms with Crippen LogP contribution in [0.2, 0.25) is 0 Å². The summed E-state index contributed by atoms with van der Waals surface area (Å²) in [6.45, 7) is 1.47. The lowest BCUT2D eigenvalue weighted by molar-refractivity contribution is -0.113. The standard InChI is InChI=1S/C10H20N2O3/c13-8-10(3-1-2-4-10)12-6-5-11-7-9(14)15/h8-9,11-12,14-15H,1-7H2. The molecule has 0 radical (unpaired) electrons. The molecule has 1 rings (SSSR count). The van der Waals surface area contributed by atoms with E-state index in [9.17, 15) is 4.79 Å².